The van der Waals surface area contributed by atoms with Gasteiger partial charge in [-0.3, -0.25) is 4.79 Å². The maximum Gasteiger partial charge on any atom is 0.241 e. The number of carbonyl (C=O) groups is 1. The normalized spacial score (nSPS) is 12.2. The lowest BCUT2D eigenvalue weighted by atomic mass is 10.3. The smallest absolute Gasteiger partial charge is 0.241 e. The molecule has 0 fully saturated rings. The summed E-state index contributed by atoms with van der Waals surface area (Å²) < 4.78 is 4.90. The van der Waals surface area contributed by atoms with Crippen molar-refractivity contribution in [1.82, 2.24) is 10.3 Å². The van der Waals surface area contributed by atoms with Crippen molar-refractivity contribution in [2.45, 2.75) is 19.9 Å². The van der Waals surface area contributed by atoms with Gasteiger partial charge in [-0.25, -0.2) is 4.98 Å². The summed E-state index contributed by atoms with van der Waals surface area (Å²) in [5, 5.41) is 6.06. The Morgan fingerprint density at radius 3 is 2.89 bits per heavy atom. The highest BCUT2D eigenvalue weighted by Crippen LogP contribution is 2.19. The number of hydrogen-bond acceptors (Lipinski definition) is 4. The number of aryl methyl sites for hydroxylation is 1. The number of nitrogens with one attached hydrogen (secondary N) is 2. The molecule has 0 spiro atoms. The third-order valence-corrected chi connectivity index (χ3v) is 2.68. The van der Waals surface area contributed by atoms with Gasteiger partial charge in [-0.2, -0.15) is 0 Å². The molecule has 1 heterocycles. The lowest BCUT2D eigenvalue weighted by Crippen LogP contribution is -2.39. The van der Waals surface area contributed by atoms with Gasteiger partial charge in [-0.15, -0.1) is 0 Å². The Bertz CT molecular complexity index is 412. The minimum atomic E-state index is -0.322. The second kappa shape index (κ2) is 7.31. The molecule has 0 aliphatic heterocycles. The van der Waals surface area contributed by atoms with Crippen LogP contribution in [-0.2, 0) is 9.53 Å². The maximum absolute atomic E-state index is 11.8. The summed E-state index contributed by atoms with van der Waals surface area (Å²) in [6.07, 6.45) is 0. The molecule has 1 aromatic heterocycles. The molecule has 2 N–H and O–H groups in total. The Balaban J connectivity index is 2.53. The number of rotatable bonds is 6. The van der Waals surface area contributed by atoms with Crippen LogP contribution in [0.25, 0.3) is 0 Å². The van der Waals surface area contributed by atoms with Gasteiger partial charge in [0, 0.05) is 19.3 Å². The number of hydrogen-bond donors (Lipinski definition) is 2. The van der Waals surface area contributed by atoms with Crippen LogP contribution in [0.4, 0.5) is 5.69 Å². The van der Waals surface area contributed by atoms with Crippen LogP contribution in [0.15, 0.2) is 12.1 Å². The van der Waals surface area contributed by atoms with Gasteiger partial charge >= 0.3 is 0 Å². The molecule has 0 saturated heterocycles. The van der Waals surface area contributed by atoms with E-state index >= 15 is 0 Å². The Kier molecular flexibility index (Phi) is 6.04. The fourth-order valence-electron chi connectivity index (χ4n) is 1.33. The zero-order chi connectivity index (χ0) is 13.5. The standard InChI is InChI=1S/C12H18ClN3O2/c1-8-4-5-10(11(13)15-8)16-12(17)9(2)14-6-7-18-3/h4-5,9,14H,6-7H2,1-3H3,(H,16,17). The van der Waals surface area contributed by atoms with E-state index in [1.165, 1.54) is 0 Å². The Hall–Kier alpha value is -1.17. The van der Waals surface area contributed by atoms with Crippen LogP contribution in [0.1, 0.15) is 12.6 Å². The molecule has 1 atom stereocenters. The van der Waals surface area contributed by atoms with Crippen LogP contribution < -0.4 is 10.6 Å². The first-order chi connectivity index (χ1) is 8.54. The number of methoxy groups -OCH3 is 1. The molecular weight excluding hydrogens is 254 g/mol. The number of amides is 1. The summed E-state index contributed by atoms with van der Waals surface area (Å²) in [6, 6.07) is 3.21. The molecule has 0 aromatic carbocycles. The molecule has 0 aliphatic carbocycles. The van der Waals surface area contributed by atoms with Crippen LogP contribution >= 0.6 is 11.6 Å². The highest BCUT2D eigenvalue weighted by molar-refractivity contribution is 6.32. The number of anilines is 1. The van der Waals surface area contributed by atoms with E-state index in [4.69, 9.17) is 16.3 Å². The second-order valence-corrected chi connectivity index (χ2v) is 4.31. The highest BCUT2D eigenvalue weighted by Gasteiger charge is 2.13. The molecule has 0 radical (unpaired) electrons. The van der Waals surface area contributed by atoms with Crippen molar-refractivity contribution in [1.29, 1.82) is 0 Å². The maximum atomic E-state index is 11.8. The summed E-state index contributed by atoms with van der Waals surface area (Å²) in [7, 11) is 1.62. The van der Waals surface area contributed by atoms with E-state index in [2.05, 4.69) is 15.6 Å². The topological polar surface area (TPSA) is 63.2 Å². The molecule has 1 aromatic rings. The van der Waals surface area contributed by atoms with Crippen LogP contribution in [0, 0.1) is 6.92 Å². The fourth-order valence-corrected chi connectivity index (χ4v) is 1.57. The zero-order valence-electron chi connectivity index (χ0n) is 10.8. The van der Waals surface area contributed by atoms with E-state index in [9.17, 15) is 4.79 Å². The fraction of sp³-hybridized carbons (Fsp3) is 0.500. The molecule has 0 bridgehead atoms. The Labute approximate surface area is 112 Å². The minimum absolute atomic E-state index is 0.154. The monoisotopic (exact) mass is 271 g/mol. The molecule has 1 unspecified atom stereocenters. The van der Waals surface area contributed by atoms with Gasteiger partial charge < -0.3 is 15.4 Å². The van der Waals surface area contributed by atoms with Crippen molar-refractivity contribution in [2.24, 2.45) is 0 Å². The third kappa shape index (κ3) is 4.60. The van der Waals surface area contributed by atoms with E-state index in [0.29, 0.717) is 24.0 Å². The summed E-state index contributed by atoms with van der Waals surface area (Å²) in [6.45, 7) is 4.79. The van der Waals surface area contributed by atoms with Gasteiger partial charge in [0.05, 0.1) is 18.3 Å². The van der Waals surface area contributed by atoms with Crippen LogP contribution in [-0.4, -0.2) is 37.2 Å². The van der Waals surface area contributed by atoms with Crippen molar-refractivity contribution < 1.29 is 9.53 Å². The third-order valence-electron chi connectivity index (χ3n) is 2.40. The average Bonchev–Trinajstić information content (AvgIpc) is 2.32. The van der Waals surface area contributed by atoms with E-state index in [0.717, 1.165) is 5.69 Å². The van der Waals surface area contributed by atoms with Crippen LogP contribution in [0.2, 0.25) is 5.15 Å². The van der Waals surface area contributed by atoms with Crippen molar-refractivity contribution in [3.8, 4) is 0 Å². The lowest BCUT2D eigenvalue weighted by Gasteiger charge is -2.14. The van der Waals surface area contributed by atoms with Crippen molar-refractivity contribution >= 4 is 23.2 Å². The number of halogens is 1. The Morgan fingerprint density at radius 1 is 1.56 bits per heavy atom. The van der Waals surface area contributed by atoms with Crippen molar-refractivity contribution in [2.75, 3.05) is 25.6 Å². The first kappa shape index (κ1) is 14.9. The molecular formula is C12H18ClN3O2. The molecule has 1 amide bonds. The quantitative estimate of drug-likeness (QED) is 0.609. The van der Waals surface area contributed by atoms with Gasteiger partial charge in [0.2, 0.25) is 5.91 Å². The number of ether oxygens (including phenoxy) is 1. The van der Waals surface area contributed by atoms with Crippen LogP contribution in [0.3, 0.4) is 0 Å². The van der Waals surface area contributed by atoms with Crippen LogP contribution in [0.5, 0.6) is 0 Å². The van der Waals surface area contributed by atoms with E-state index in [1.807, 2.05) is 6.92 Å². The number of pyridine rings is 1. The van der Waals surface area contributed by atoms with Gasteiger partial charge in [0.25, 0.3) is 0 Å². The van der Waals surface area contributed by atoms with Gasteiger partial charge in [0.15, 0.2) is 5.15 Å². The highest BCUT2D eigenvalue weighted by atomic mass is 35.5. The average molecular weight is 272 g/mol. The van der Waals surface area contributed by atoms with E-state index in [1.54, 1.807) is 26.2 Å². The number of carbonyl (C=O) groups excluding carboxylic acids is 1. The first-order valence-corrected chi connectivity index (χ1v) is 6.08. The SMILES string of the molecule is COCCNC(C)C(=O)Nc1ccc(C)nc1Cl. The molecule has 5 nitrogen and oxygen atoms in total. The summed E-state index contributed by atoms with van der Waals surface area (Å²) in [4.78, 5) is 15.9. The van der Waals surface area contributed by atoms with Gasteiger partial charge in [0.1, 0.15) is 0 Å². The number of aromatic nitrogens is 1. The minimum Gasteiger partial charge on any atom is -0.383 e. The second-order valence-electron chi connectivity index (χ2n) is 3.95. The molecule has 1 rings (SSSR count). The molecule has 0 aliphatic rings. The predicted octanol–water partition coefficient (Wildman–Crippen LogP) is 1.61. The van der Waals surface area contributed by atoms with Crippen molar-refractivity contribution in [3.05, 3.63) is 23.0 Å². The summed E-state index contributed by atoms with van der Waals surface area (Å²) >= 11 is 5.94. The van der Waals surface area contributed by atoms with E-state index < -0.39 is 0 Å². The molecule has 18 heavy (non-hydrogen) atoms. The largest absolute Gasteiger partial charge is 0.383 e. The van der Waals surface area contributed by atoms with Gasteiger partial charge in [-0.1, -0.05) is 11.6 Å². The summed E-state index contributed by atoms with van der Waals surface area (Å²) in [5.74, 6) is -0.154. The first-order valence-electron chi connectivity index (χ1n) is 5.71. The molecule has 6 heteroatoms. The zero-order valence-corrected chi connectivity index (χ0v) is 11.5. The van der Waals surface area contributed by atoms with Gasteiger partial charge in [-0.05, 0) is 26.0 Å². The predicted molar refractivity (Wildman–Crippen MR) is 72.0 cm³/mol. The molecule has 0 saturated carbocycles. The number of nitrogens with zero attached hydrogens (tertiary/aromatic N) is 1. The summed E-state index contributed by atoms with van der Waals surface area (Å²) in [5.41, 5.74) is 1.33. The van der Waals surface area contributed by atoms with E-state index in [-0.39, 0.29) is 11.9 Å². The Morgan fingerprint density at radius 2 is 2.28 bits per heavy atom. The molecule has 100 valence electrons. The van der Waals surface area contributed by atoms with Crippen molar-refractivity contribution in [3.63, 3.8) is 0 Å². The lowest BCUT2D eigenvalue weighted by molar-refractivity contribution is -0.117.